The summed E-state index contributed by atoms with van der Waals surface area (Å²) in [5, 5.41) is 10.5. The van der Waals surface area contributed by atoms with Crippen molar-refractivity contribution in [2.24, 2.45) is 0 Å². The number of halogens is 3. The molecule has 0 radical (unpaired) electrons. The molecule has 6 nitrogen and oxygen atoms in total. The van der Waals surface area contributed by atoms with Gasteiger partial charge < -0.3 is 15.2 Å². The first-order valence-electron chi connectivity index (χ1n) is 5.76. The highest BCUT2D eigenvalue weighted by Gasteiger charge is 2.36. The average molecular weight is 306 g/mol. The van der Waals surface area contributed by atoms with Crippen molar-refractivity contribution in [2.45, 2.75) is 25.6 Å². The number of pyridine rings is 1. The SMILES string of the molecule is COc1nc(C)ccc1C(=O)NC(CC(F)(F)F)C(=O)O. The molecule has 1 aromatic rings. The highest BCUT2D eigenvalue weighted by Crippen LogP contribution is 2.22. The number of hydrogen-bond acceptors (Lipinski definition) is 4. The normalized spacial score (nSPS) is 12.6. The quantitative estimate of drug-likeness (QED) is 0.861. The van der Waals surface area contributed by atoms with E-state index in [0.29, 0.717) is 5.69 Å². The molecule has 0 bridgehead atoms. The Morgan fingerprint density at radius 1 is 1.43 bits per heavy atom. The molecule has 0 aliphatic carbocycles. The lowest BCUT2D eigenvalue weighted by Crippen LogP contribution is -2.43. The van der Waals surface area contributed by atoms with Crippen LogP contribution in [0.15, 0.2) is 12.1 Å². The first-order valence-corrected chi connectivity index (χ1v) is 5.76. The van der Waals surface area contributed by atoms with Crippen LogP contribution in [0, 0.1) is 6.92 Å². The molecular formula is C12H13F3N2O4. The molecule has 0 aromatic carbocycles. The third-order valence-corrected chi connectivity index (χ3v) is 2.48. The van der Waals surface area contributed by atoms with Gasteiger partial charge in [-0.05, 0) is 19.1 Å². The van der Waals surface area contributed by atoms with Gasteiger partial charge in [-0.1, -0.05) is 0 Å². The van der Waals surface area contributed by atoms with Gasteiger partial charge in [0.2, 0.25) is 5.88 Å². The molecule has 0 fully saturated rings. The number of aryl methyl sites for hydroxylation is 1. The van der Waals surface area contributed by atoms with E-state index in [1.807, 2.05) is 0 Å². The summed E-state index contributed by atoms with van der Waals surface area (Å²) in [6.07, 6.45) is -6.39. The molecule has 1 unspecified atom stereocenters. The summed E-state index contributed by atoms with van der Waals surface area (Å²) < 4.78 is 41.6. The van der Waals surface area contributed by atoms with Gasteiger partial charge in [-0.3, -0.25) is 4.79 Å². The second-order valence-corrected chi connectivity index (χ2v) is 4.19. The maximum absolute atomic E-state index is 12.3. The lowest BCUT2D eigenvalue weighted by Gasteiger charge is -2.17. The minimum atomic E-state index is -4.72. The standard InChI is InChI=1S/C12H13F3N2O4/c1-6-3-4-7(10(16-6)21-2)9(18)17-8(11(19)20)5-12(13,14)15/h3-4,8H,5H2,1-2H3,(H,17,18)(H,19,20). The number of alkyl halides is 3. The van der Waals surface area contributed by atoms with E-state index in [0.717, 1.165) is 0 Å². The number of nitrogens with zero attached hydrogens (tertiary/aromatic N) is 1. The molecule has 0 spiro atoms. The number of aromatic nitrogens is 1. The summed E-state index contributed by atoms with van der Waals surface area (Å²) in [5.74, 6) is -2.88. The second kappa shape index (κ2) is 6.42. The molecule has 1 amide bonds. The number of nitrogens with one attached hydrogen (secondary N) is 1. The van der Waals surface area contributed by atoms with E-state index in [9.17, 15) is 22.8 Å². The topological polar surface area (TPSA) is 88.5 Å². The zero-order chi connectivity index (χ0) is 16.2. The van der Waals surface area contributed by atoms with Gasteiger partial charge in [0.25, 0.3) is 5.91 Å². The minimum absolute atomic E-state index is 0.0938. The predicted octanol–water partition coefficient (Wildman–Crippen LogP) is 1.53. The van der Waals surface area contributed by atoms with Gasteiger partial charge >= 0.3 is 12.1 Å². The van der Waals surface area contributed by atoms with Crippen LogP contribution in [-0.2, 0) is 4.79 Å². The van der Waals surface area contributed by atoms with Crippen molar-refractivity contribution >= 4 is 11.9 Å². The summed E-state index contributed by atoms with van der Waals surface area (Å²) in [7, 11) is 1.24. The second-order valence-electron chi connectivity index (χ2n) is 4.19. The van der Waals surface area contributed by atoms with Crippen LogP contribution in [0.3, 0.4) is 0 Å². The molecular weight excluding hydrogens is 293 g/mol. The fourth-order valence-corrected chi connectivity index (χ4v) is 1.53. The van der Waals surface area contributed by atoms with Gasteiger partial charge in [-0.2, -0.15) is 13.2 Å². The van der Waals surface area contributed by atoms with Crippen molar-refractivity contribution < 1.29 is 32.6 Å². The van der Waals surface area contributed by atoms with Gasteiger partial charge in [0.05, 0.1) is 13.5 Å². The Labute approximate surface area is 117 Å². The molecule has 1 aromatic heterocycles. The molecule has 1 heterocycles. The van der Waals surface area contributed by atoms with Crippen molar-refractivity contribution in [1.29, 1.82) is 0 Å². The van der Waals surface area contributed by atoms with Gasteiger partial charge in [0, 0.05) is 5.69 Å². The van der Waals surface area contributed by atoms with Crippen molar-refractivity contribution in [3.63, 3.8) is 0 Å². The Bertz CT molecular complexity index is 546. The lowest BCUT2D eigenvalue weighted by atomic mass is 10.1. The summed E-state index contributed by atoms with van der Waals surface area (Å²) in [4.78, 5) is 26.6. The minimum Gasteiger partial charge on any atom is -0.480 e. The number of aliphatic carboxylic acids is 1. The van der Waals surface area contributed by atoms with Crippen molar-refractivity contribution in [3.05, 3.63) is 23.4 Å². The summed E-state index contributed by atoms with van der Waals surface area (Å²) in [6, 6.07) is 0.670. The highest BCUT2D eigenvalue weighted by molar-refractivity contribution is 5.98. The molecule has 116 valence electrons. The molecule has 1 rings (SSSR count). The third kappa shape index (κ3) is 4.93. The Morgan fingerprint density at radius 3 is 2.52 bits per heavy atom. The number of carbonyl (C=O) groups excluding carboxylic acids is 1. The fourth-order valence-electron chi connectivity index (χ4n) is 1.53. The smallest absolute Gasteiger partial charge is 0.391 e. The maximum atomic E-state index is 12.3. The number of methoxy groups -OCH3 is 1. The molecule has 0 aliphatic heterocycles. The van der Waals surface area contributed by atoms with Crippen LogP contribution >= 0.6 is 0 Å². The van der Waals surface area contributed by atoms with Crippen molar-refractivity contribution in [3.8, 4) is 5.88 Å². The van der Waals surface area contributed by atoms with Gasteiger partial charge in [0.1, 0.15) is 11.6 Å². The number of rotatable bonds is 5. The van der Waals surface area contributed by atoms with E-state index in [1.165, 1.54) is 19.2 Å². The van der Waals surface area contributed by atoms with Crippen LogP contribution in [0.2, 0.25) is 0 Å². The van der Waals surface area contributed by atoms with Gasteiger partial charge in [0.15, 0.2) is 0 Å². The Hall–Kier alpha value is -2.32. The van der Waals surface area contributed by atoms with E-state index in [-0.39, 0.29) is 11.4 Å². The number of carboxylic acid groups (broad SMARTS) is 1. The molecule has 21 heavy (non-hydrogen) atoms. The first-order chi connectivity index (χ1) is 9.64. The van der Waals surface area contributed by atoms with E-state index in [4.69, 9.17) is 9.84 Å². The van der Waals surface area contributed by atoms with Gasteiger partial charge in [-0.25, -0.2) is 9.78 Å². The molecule has 0 aliphatic rings. The Balaban J connectivity index is 2.95. The monoisotopic (exact) mass is 306 g/mol. The van der Waals surface area contributed by atoms with Crippen LogP contribution in [0.1, 0.15) is 22.5 Å². The molecule has 9 heteroatoms. The largest absolute Gasteiger partial charge is 0.480 e. The van der Waals surface area contributed by atoms with Crippen LogP contribution < -0.4 is 10.1 Å². The van der Waals surface area contributed by atoms with Crippen molar-refractivity contribution in [2.75, 3.05) is 7.11 Å². The van der Waals surface area contributed by atoms with Gasteiger partial charge in [-0.15, -0.1) is 0 Å². The summed E-state index contributed by atoms with van der Waals surface area (Å²) in [6.45, 7) is 1.63. The van der Waals surface area contributed by atoms with E-state index in [2.05, 4.69) is 4.98 Å². The van der Waals surface area contributed by atoms with E-state index < -0.39 is 30.5 Å². The molecule has 2 N–H and O–H groups in total. The van der Waals surface area contributed by atoms with Crippen molar-refractivity contribution in [1.82, 2.24) is 10.3 Å². The van der Waals surface area contributed by atoms with Crippen LogP contribution in [0.5, 0.6) is 5.88 Å². The predicted molar refractivity (Wildman–Crippen MR) is 65.1 cm³/mol. The fraction of sp³-hybridized carbons (Fsp3) is 0.417. The molecule has 0 saturated carbocycles. The zero-order valence-electron chi connectivity index (χ0n) is 11.2. The lowest BCUT2D eigenvalue weighted by molar-refractivity contribution is -0.157. The molecule has 1 atom stereocenters. The van der Waals surface area contributed by atoms with Crippen LogP contribution in [0.25, 0.3) is 0 Å². The zero-order valence-corrected chi connectivity index (χ0v) is 11.2. The number of ether oxygens (including phenoxy) is 1. The number of amides is 1. The average Bonchev–Trinajstić information content (AvgIpc) is 2.35. The Kier molecular flexibility index (Phi) is 5.12. The van der Waals surface area contributed by atoms with Crippen LogP contribution in [-0.4, -0.2) is 41.3 Å². The maximum Gasteiger partial charge on any atom is 0.391 e. The number of hydrogen-bond donors (Lipinski definition) is 2. The number of carboxylic acids is 1. The number of carbonyl (C=O) groups is 2. The molecule has 0 saturated heterocycles. The highest BCUT2D eigenvalue weighted by atomic mass is 19.4. The van der Waals surface area contributed by atoms with E-state index >= 15 is 0 Å². The summed E-state index contributed by atoms with van der Waals surface area (Å²) in [5.41, 5.74) is 0.394. The van der Waals surface area contributed by atoms with E-state index in [1.54, 1.807) is 12.2 Å². The van der Waals surface area contributed by atoms with Crippen LogP contribution in [0.4, 0.5) is 13.2 Å². The first kappa shape index (κ1) is 16.7. The third-order valence-electron chi connectivity index (χ3n) is 2.48. The summed E-state index contributed by atoms with van der Waals surface area (Å²) >= 11 is 0. The Morgan fingerprint density at radius 2 is 2.05 bits per heavy atom.